The van der Waals surface area contributed by atoms with Crippen molar-refractivity contribution in [2.45, 2.75) is 39.8 Å². The zero-order chi connectivity index (χ0) is 14.2. The fourth-order valence-electron chi connectivity index (χ4n) is 2.69. The fraction of sp³-hybridized carbons (Fsp3) is 0.500. The van der Waals surface area contributed by atoms with Crippen molar-refractivity contribution in [3.05, 3.63) is 35.0 Å². The first kappa shape index (κ1) is 14.1. The van der Waals surface area contributed by atoms with Crippen molar-refractivity contribution in [2.24, 2.45) is 7.05 Å². The molecule has 0 unspecified atom stereocenters. The van der Waals surface area contributed by atoms with Gasteiger partial charge in [-0.3, -0.25) is 0 Å². The normalized spacial score (nSPS) is 12.3. The van der Waals surface area contributed by atoms with E-state index in [1.807, 2.05) is 13.8 Å². The molecule has 3 heteroatoms. The highest BCUT2D eigenvalue weighted by Gasteiger charge is 2.15. The van der Waals surface area contributed by atoms with E-state index >= 15 is 0 Å². The van der Waals surface area contributed by atoms with Crippen LogP contribution in [0.4, 0.5) is 0 Å². The maximum Gasteiger partial charge on any atom is 0.0715 e. The van der Waals surface area contributed by atoms with Crippen LogP contribution >= 0.6 is 0 Å². The molecule has 0 saturated heterocycles. The molecule has 0 radical (unpaired) electrons. The SMILES string of the molecule is Cc1c(CNCC(C)(C)O)n(C)c2c(C)cccc12. The van der Waals surface area contributed by atoms with Crippen molar-refractivity contribution in [2.75, 3.05) is 6.54 Å². The molecule has 2 aromatic rings. The number of hydrogen-bond donors (Lipinski definition) is 2. The Kier molecular flexibility index (Phi) is 3.70. The van der Waals surface area contributed by atoms with Gasteiger partial charge in [-0.05, 0) is 38.8 Å². The van der Waals surface area contributed by atoms with E-state index in [0.717, 1.165) is 6.54 Å². The molecule has 0 atom stereocenters. The average molecular weight is 260 g/mol. The van der Waals surface area contributed by atoms with Crippen molar-refractivity contribution in [3.8, 4) is 0 Å². The maximum atomic E-state index is 9.75. The van der Waals surface area contributed by atoms with Crippen LogP contribution in [0.25, 0.3) is 10.9 Å². The van der Waals surface area contributed by atoms with Gasteiger partial charge < -0.3 is 15.0 Å². The Morgan fingerprint density at radius 3 is 2.53 bits per heavy atom. The lowest BCUT2D eigenvalue weighted by atomic mass is 10.1. The number of hydrogen-bond acceptors (Lipinski definition) is 2. The maximum absolute atomic E-state index is 9.75. The summed E-state index contributed by atoms with van der Waals surface area (Å²) in [5.41, 5.74) is 4.55. The Bertz CT molecular complexity index is 591. The van der Waals surface area contributed by atoms with Gasteiger partial charge in [0.15, 0.2) is 0 Å². The van der Waals surface area contributed by atoms with Gasteiger partial charge >= 0.3 is 0 Å². The van der Waals surface area contributed by atoms with Gasteiger partial charge in [0.1, 0.15) is 0 Å². The molecule has 0 aliphatic rings. The molecule has 0 amide bonds. The van der Waals surface area contributed by atoms with E-state index in [0.29, 0.717) is 6.54 Å². The number of aryl methyl sites for hydroxylation is 3. The smallest absolute Gasteiger partial charge is 0.0715 e. The molecule has 0 saturated carbocycles. The predicted octanol–water partition coefficient (Wildman–Crippen LogP) is 2.66. The minimum atomic E-state index is -0.672. The molecule has 1 heterocycles. The molecule has 1 aromatic heterocycles. The summed E-state index contributed by atoms with van der Waals surface area (Å²) in [5.74, 6) is 0. The lowest BCUT2D eigenvalue weighted by Crippen LogP contribution is -2.34. The average Bonchev–Trinajstić information content (AvgIpc) is 2.54. The van der Waals surface area contributed by atoms with E-state index < -0.39 is 5.60 Å². The molecule has 0 aliphatic carbocycles. The summed E-state index contributed by atoms with van der Waals surface area (Å²) in [7, 11) is 2.11. The highest BCUT2D eigenvalue weighted by atomic mass is 16.3. The van der Waals surface area contributed by atoms with Gasteiger partial charge in [0.05, 0.1) is 11.1 Å². The topological polar surface area (TPSA) is 37.2 Å². The summed E-state index contributed by atoms with van der Waals surface area (Å²) >= 11 is 0. The highest BCUT2D eigenvalue weighted by Crippen LogP contribution is 2.27. The molecule has 0 bridgehead atoms. The van der Waals surface area contributed by atoms with Crippen LogP contribution in [0.2, 0.25) is 0 Å². The molecular formula is C16H24N2O. The molecule has 2 rings (SSSR count). The van der Waals surface area contributed by atoms with Crippen molar-refractivity contribution in [1.29, 1.82) is 0 Å². The zero-order valence-electron chi connectivity index (χ0n) is 12.5. The van der Waals surface area contributed by atoms with Gasteiger partial charge in [-0.15, -0.1) is 0 Å². The van der Waals surface area contributed by atoms with Crippen LogP contribution in [-0.2, 0) is 13.6 Å². The van der Waals surface area contributed by atoms with Crippen LogP contribution in [-0.4, -0.2) is 21.8 Å². The minimum absolute atomic E-state index is 0.590. The first-order valence-corrected chi connectivity index (χ1v) is 6.78. The monoisotopic (exact) mass is 260 g/mol. The third kappa shape index (κ3) is 2.82. The first-order valence-electron chi connectivity index (χ1n) is 6.78. The van der Waals surface area contributed by atoms with Crippen molar-refractivity contribution in [1.82, 2.24) is 9.88 Å². The van der Waals surface area contributed by atoms with E-state index in [2.05, 4.69) is 49.0 Å². The van der Waals surface area contributed by atoms with Crippen molar-refractivity contribution >= 4 is 10.9 Å². The van der Waals surface area contributed by atoms with Crippen LogP contribution < -0.4 is 5.32 Å². The molecule has 2 N–H and O–H groups in total. The number of fused-ring (bicyclic) bond motifs is 1. The summed E-state index contributed by atoms with van der Waals surface area (Å²) < 4.78 is 2.26. The van der Waals surface area contributed by atoms with E-state index in [4.69, 9.17) is 0 Å². The minimum Gasteiger partial charge on any atom is -0.389 e. The lowest BCUT2D eigenvalue weighted by Gasteiger charge is -2.18. The van der Waals surface area contributed by atoms with Crippen LogP contribution in [0, 0.1) is 13.8 Å². The second-order valence-corrected chi connectivity index (χ2v) is 6.02. The van der Waals surface area contributed by atoms with Gasteiger partial charge in [0.2, 0.25) is 0 Å². The van der Waals surface area contributed by atoms with Gasteiger partial charge in [-0.1, -0.05) is 18.2 Å². The number of rotatable bonds is 4. The lowest BCUT2D eigenvalue weighted by molar-refractivity contribution is 0.0793. The molecule has 104 valence electrons. The Hall–Kier alpha value is -1.32. The summed E-state index contributed by atoms with van der Waals surface area (Å²) in [6, 6.07) is 6.44. The van der Waals surface area contributed by atoms with Gasteiger partial charge in [-0.2, -0.15) is 0 Å². The second-order valence-electron chi connectivity index (χ2n) is 6.02. The summed E-state index contributed by atoms with van der Waals surface area (Å²) in [4.78, 5) is 0. The summed E-state index contributed by atoms with van der Waals surface area (Å²) in [5, 5.41) is 14.4. The molecule has 1 aromatic carbocycles. The van der Waals surface area contributed by atoms with E-state index in [9.17, 15) is 5.11 Å². The third-order valence-corrected chi connectivity index (χ3v) is 3.66. The Morgan fingerprint density at radius 1 is 1.26 bits per heavy atom. The van der Waals surface area contributed by atoms with Crippen LogP contribution in [0.5, 0.6) is 0 Å². The van der Waals surface area contributed by atoms with E-state index in [1.54, 1.807) is 0 Å². The van der Waals surface area contributed by atoms with Crippen LogP contribution in [0.1, 0.15) is 30.7 Å². The van der Waals surface area contributed by atoms with E-state index in [1.165, 1.54) is 27.7 Å². The van der Waals surface area contributed by atoms with Crippen LogP contribution in [0.15, 0.2) is 18.2 Å². The number of para-hydroxylation sites is 1. The first-order chi connectivity index (χ1) is 8.81. The predicted molar refractivity (Wildman–Crippen MR) is 80.4 cm³/mol. The fourth-order valence-corrected chi connectivity index (χ4v) is 2.69. The van der Waals surface area contributed by atoms with E-state index in [-0.39, 0.29) is 0 Å². The summed E-state index contributed by atoms with van der Waals surface area (Å²) in [6.07, 6.45) is 0. The Labute approximate surface area is 115 Å². The number of nitrogens with zero attached hydrogens (tertiary/aromatic N) is 1. The number of nitrogens with one attached hydrogen (secondary N) is 1. The van der Waals surface area contributed by atoms with Crippen molar-refractivity contribution < 1.29 is 5.11 Å². The van der Waals surface area contributed by atoms with Gasteiger partial charge in [-0.25, -0.2) is 0 Å². The van der Waals surface area contributed by atoms with Crippen molar-refractivity contribution in [3.63, 3.8) is 0 Å². The van der Waals surface area contributed by atoms with Gasteiger partial charge in [0.25, 0.3) is 0 Å². The second kappa shape index (κ2) is 4.99. The number of benzene rings is 1. The number of aromatic nitrogens is 1. The van der Waals surface area contributed by atoms with Crippen LogP contribution in [0.3, 0.4) is 0 Å². The molecular weight excluding hydrogens is 236 g/mol. The molecule has 19 heavy (non-hydrogen) atoms. The molecule has 0 fully saturated rings. The Balaban J connectivity index is 2.31. The quantitative estimate of drug-likeness (QED) is 0.887. The Morgan fingerprint density at radius 2 is 1.95 bits per heavy atom. The van der Waals surface area contributed by atoms with Gasteiger partial charge in [0, 0.05) is 31.2 Å². The largest absolute Gasteiger partial charge is 0.389 e. The molecule has 0 aliphatic heterocycles. The third-order valence-electron chi connectivity index (χ3n) is 3.66. The summed E-state index contributed by atoms with van der Waals surface area (Å²) in [6.45, 7) is 9.32. The molecule has 3 nitrogen and oxygen atoms in total. The highest BCUT2D eigenvalue weighted by molar-refractivity contribution is 5.87. The molecule has 0 spiro atoms. The number of aliphatic hydroxyl groups is 1. The standard InChI is InChI=1S/C16H24N2O/c1-11-7-6-8-13-12(2)14(18(5)15(11)13)9-17-10-16(3,4)19/h6-8,17,19H,9-10H2,1-5H3. The zero-order valence-corrected chi connectivity index (χ0v) is 12.5.